The van der Waals surface area contributed by atoms with Crippen molar-refractivity contribution >= 4 is 22.9 Å². The molecule has 0 saturated heterocycles. The van der Waals surface area contributed by atoms with Crippen LogP contribution in [0.4, 0.5) is 14.7 Å². The highest BCUT2D eigenvalue weighted by Crippen LogP contribution is 2.21. The molecule has 0 saturated carbocycles. The third kappa shape index (κ3) is 4.72. The van der Waals surface area contributed by atoms with Gasteiger partial charge in [-0.25, -0.2) is 13.8 Å². The smallest absolute Gasteiger partial charge is 0.227 e. The van der Waals surface area contributed by atoms with Crippen molar-refractivity contribution in [3.63, 3.8) is 0 Å². The fourth-order valence-corrected chi connectivity index (χ4v) is 3.06. The molecule has 0 radical (unpaired) electrons. The summed E-state index contributed by atoms with van der Waals surface area (Å²) in [5, 5.41) is 2.78. The zero-order valence-corrected chi connectivity index (χ0v) is 15.8. The molecule has 0 bridgehead atoms. The van der Waals surface area contributed by atoms with Crippen LogP contribution >= 0.6 is 0 Å². The summed E-state index contributed by atoms with van der Waals surface area (Å²) in [5.41, 5.74) is 1.60. The van der Waals surface area contributed by atoms with E-state index in [0.29, 0.717) is 25.7 Å². The van der Waals surface area contributed by atoms with Gasteiger partial charge in [-0.05, 0) is 44.0 Å². The van der Waals surface area contributed by atoms with Gasteiger partial charge in [0.1, 0.15) is 11.6 Å². The number of hydrogen-bond acceptors (Lipinski definition) is 3. The van der Waals surface area contributed by atoms with Crippen LogP contribution < -0.4 is 5.32 Å². The first-order valence-corrected chi connectivity index (χ1v) is 9.36. The number of carbonyl (C=O) groups excluding carboxylic acids is 1. The number of fused-ring (bicyclic) bond motifs is 1. The maximum Gasteiger partial charge on any atom is 0.227 e. The van der Waals surface area contributed by atoms with E-state index in [1.165, 1.54) is 18.2 Å². The topological polar surface area (TPSA) is 56.1 Å². The number of nitrogens with one attached hydrogen (secondary N) is 1. The average Bonchev–Trinajstić information content (AvgIpc) is 3.02. The third-order valence-corrected chi connectivity index (χ3v) is 4.44. The Morgan fingerprint density at radius 2 is 1.89 bits per heavy atom. The lowest BCUT2D eigenvalue weighted by molar-refractivity contribution is -0.116. The van der Waals surface area contributed by atoms with E-state index in [-0.39, 0.29) is 24.3 Å². The van der Waals surface area contributed by atoms with Gasteiger partial charge in [-0.3, -0.25) is 10.1 Å². The summed E-state index contributed by atoms with van der Waals surface area (Å²) in [6, 6.07) is 11.3. The average molecular weight is 387 g/mol. The number of nitrogens with zero attached hydrogens (tertiary/aromatic N) is 2. The normalized spacial score (nSPS) is 11.1. The Morgan fingerprint density at radius 1 is 1.14 bits per heavy atom. The van der Waals surface area contributed by atoms with Gasteiger partial charge in [0.15, 0.2) is 0 Å². The van der Waals surface area contributed by atoms with E-state index >= 15 is 0 Å². The molecule has 1 aromatic heterocycles. The Hall–Kier alpha value is -2.80. The number of ether oxygens (including phenoxy) is 1. The second-order valence-electron chi connectivity index (χ2n) is 6.37. The Bertz CT molecular complexity index is 936. The monoisotopic (exact) mass is 387 g/mol. The van der Waals surface area contributed by atoms with Gasteiger partial charge >= 0.3 is 0 Å². The predicted octanol–water partition coefficient (Wildman–Crippen LogP) is 4.31. The van der Waals surface area contributed by atoms with Gasteiger partial charge in [-0.1, -0.05) is 18.2 Å². The second kappa shape index (κ2) is 9.41. The number of halogens is 2. The Kier molecular flexibility index (Phi) is 6.71. The van der Waals surface area contributed by atoms with Crippen LogP contribution in [-0.2, 0) is 22.5 Å². The standard InChI is InChI=1S/C21H23F2N3O2/c1-2-28-14-6-13-26-19-10-4-3-9-18(19)24-21(26)25-20(27)12-11-15-16(22)7-5-8-17(15)23/h3-5,7-10H,2,6,11-14H2,1H3,(H,24,25,27). The van der Waals surface area contributed by atoms with E-state index < -0.39 is 11.6 Å². The zero-order valence-electron chi connectivity index (χ0n) is 15.8. The molecule has 0 unspecified atom stereocenters. The van der Waals surface area contributed by atoms with Gasteiger partial charge in [0, 0.05) is 31.7 Å². The van der Waals surface area contributed by atoms with E-state index in [4.69, 9.17) is 4.74 Å². The maximum atomic E-state index is 13.7. The fraction of sp³-hybridized carbons (Fsp3) is 0.333. The summed E-state index contributed by atoms with van der Waals surface area (Å²) >= 11 is 0. The van der Waals surface area contributed by atoms with E-state index in [2.05, 4.69) is 10.3 Å². The molecular formula is C21H23F2N3O2. The Balaban J connectivity index is 1.71. The molecule has 0 aliphatic rings. The molecule has 0 fully saturated rings. The first kappa shape index (κ1) is 19.9. The highest BCUT2D eigenvalue weighted by molar-refractivity contribution is 5.91. The van der Waals surface area contributed by atoms with Crippen LogP contribution in [0.1, 0.15) is 25.3 Å². The van der Waals surface area contributed by atoms with Crippen molar-refractivity contribution in [3.05, 3.63) is 59.7 Å². The minimum atomic E-state index is -0.643. The summed E-state index contributed by atoms with van der Waals surface area (Å²) in [7, 11) is 0. The van der Waals surface area contributed by atoms with Crippen molar-refractivity contribution in [2.24, 2.45) is 0 Å². The van der Waals surface area contributed by atoms with Gasteiger partial charge in [0.25, 0.3) is 0 Å². The van der Waals surface area contributed by atoms with Crippen molar-refractivity contribution in [2.45, 2.75) is 32.7 Å². The summed E-state index contributed by atoms with van der Waals surface area (Å²) in [6.45, 7) is 3.85. The van der Waals surface area contributed by atoms with Crippen LogP contribution in [0.3, 0.4) is 0 Å². The number of aromatic nitrogens is 2. The zero-order chi connectivity index (χ0) is 19.9. The first-order valence-electron chi connectivity index (χ1n) is 9.36. The van der Waals surface area contributed by atoms with Crippen molar-refractivity contribution < 1.29 is 18.3 Å². The molecule has 2 aromatic carbocycles. The maximum absolute atomic E-state index is 13.7. The molecule has 1 heterocycles. The lowest BCUT2D eigenvalue weighted by Crippen LogP contribution is -2.17. The van der Waals surface area contributed by atoms with Crippen molar-refractivity contribution in [1.29, 1.82) is 0 Å². The van der Waals surface area contributed by atoms with Gasteiger partial charge < -0.3 is 9.30 Å². The predicted molar refractivity (Wildman–Crippen MR) is 104 cm³/mol. The van der Waals surface area contributed by atoms with Crippen molar-refractivity contribution in [1.82, 2.24) is 9.55 Å². The molecule has 3 rings (SSSR count). The molecule has 0 atom stereocenters. The SMILES string of the molecule is CCOCCCn1c(NC(=O)CCc2c(F)cccc2F)nc2ccccc21. The summed E-state index contributed by atoms with van der Waals surface area (Å²) < 4.78 is 34.8. The van der Waals surface area contributed by atoms with Crippen LogP contribution in [0.5, 0.6) is 0 Å². The molecule has 5 nitrogen and oxygen atoms in total. The number of imidazole rings is 1. The molecule has 0 spiro atoms. The first-order chi connectivity index (χ1) is 13.6. The third-order valence-electron chi connectivity index (χ3n) is 4.44. The lowest BCUT2D eigenvalue weighted by atomic mass is 10.1. The van der Waals surface area contributed by atoms with Gasteiger partial charge in [-0.2, -0.15) is 0 Å². The number of aryl methyl sites for hydroxylation is 1. The van der Waals surface area contributed by atoms with E-state index in [0.717, 1.165) is 17.5 Å². The van der Waals surface area contributed by atoms with Crippen molar-refractivity contribution in [3.8, 4) is 0 Å². The van der Waals surface area contributed by atoms with E-state index in [1.54, 1.807) is 0 Å². The molecular weight excluding hydrogens is 364 g/mol. The number of hydrogen-bond donors (Lipinski definition) is 1. The molecule has 3 aromatic rings. The van der Waals surface area contributed by atoms with Crippen LogP contribution in [0.25, 0.3) is 11.0 Å². The van der Waals surface area contributed by atoms with Gasteiger partial charge in [-0.15, -0.1) is 0 Å². The van der Waals surface area contributed by atoms with Gasteiger partial charge in [0.05, 0.1) is 11.0 Å². The number of rotatable bonds is 9. The van der Waals surface area contributed by atoms with Crippen LogP contribution in [0.2, 0.25) is 0 Å². The van der Waals surface area contributed by atoms with Crippen molar-refractivity contribution in [2.75, 3.05) is 18.5 Å². The van der Waals surface area contributed by atoms with E-state index in [1.807, 2.05) is 35.8 Å². The van der Waals surface area contributed by atoms with Crippen LogP contribution in [0, 0.1) is 11.6 Å². The lowest BCUT2D eigenvalue weighted by Gasteiger charge is -2.10. The number of benzene rings is 2. The van der Waals surface area contributed by atoms with Gasteiger partial charge in [0.2, 0.25) is 11.9 Å². The molecule has 0 aliphatic heterocycles. The van der Waals surface area contributed by atoms with Crippen LogP contribution in [0.15, 0.2) is 42.5 Å². The fourth-order valence-electron chi connectivity index (χ4n) is 3.06. The number of para-hydroxylation sites is 2. The second-order valence-corrected chi connectivity index (χ2v) is 6.37. The molecule has 7 heteroatoms. The van der Waals surface area contributed by atoms with E-state index in [9.17, 15) is 13.6 Å². The summed E-state index contributed by atoms with van der Waals surface area (Å²) in [6.07, 6.45) is 0.715. The highest BCUT2D eigenvalue weighted by Gasteiger charge is 2.15. The Labute approximate surface area is 162 Å². The minimum absolute atomic E-state index is 0.0189. The quantitative estimate of drug-likeness (QED) is 0.557. The Morgan fingerprint density at radius 3 is 2.64 bits per heavy atom. The molecule has 148 valence electrons. The number of anilines is 1. The summed E-state index contributed by atoms with van der Waals surface area (Å²) in [4.78, 5) is 16.9. The molecule has 0 aliphatic carbocycles. The minimum Gasteiger partial charge on any atom is -0.382 e. The van der Waals surface area contributed by atoms with Crippen LogP contribution in [-0.4, -0.2) is 28.7 Å². The molecule has 1 N–H and O–H groups in total. The molecule has 28 heavy (non-hydrogen) atoms. The molecule has 1 amide bonds. The number of amides is 1. The highest BCUT2D eigenvalue weighted by atomic mass is 19.1. The summed E-state index contributed by atoms with van der Waals surface area (Å²) in [5.74, 6) is -1.20. The number of carbonyl (C=O) groups is 1. The largest absolute Gasteiger partial charge is 0.382 e.